The lowest BCUT2D eigenvalue weighted by Gasteiger charge is -2.15. The van der Waals surface area contributed by atoms with Gasteiger partial charge in [0.1, 0.15) is 0 Å². The zero-order valence-electron chi connectivity index (χ0n) is 9.59. The summed E-state index contributed by atoms with van der Waals surface area (Å²) in [6.07, 6.45) is 0.374. The van der Waals surface area contributed by atoms with Crippen LogP contribution in [0.5, 0.6) is 0 Å². The van der Waals surface area contributed by atoms with Crippen LogP contribution in [0.3, 0.4) is 0 Å². The summed E-state index contributed by atoms with van der Waals surface area (Å²) < 4.78 is 26.7. The Labute approximate surface area is 118 Å². The number of aryl methyl sites for hydroxylation is 1. The number of carbonyl (C=O) groups is 1. The fourth-order valence-corrected chi connectivity index (χ4v) is 5.86. The number of aliphatic carboxylic acids is 1. The summed E-state index contributed by atoms with van der Waals surface area (Å²) in [5, 5.41) is 8.90. The van der Waals surface area contributed by atoms with E-state index in [2.05, 4.69) is 15.9 Å². The molecular weight excluding hydrogens is 342 g/mol. The van der Waals surface area contributed by atoms with Gasteiger partial charge in [-0.1, -0.05) is 0 Å². The second-order valence-electron chi connectivity index (χ2n) is 4.16. The number of rotatable bonds is 3. The monoisotopic (exact) mass is 353 g/mol. The molecule has 2 rings (SSSR count). The quantitative estimate of drug-likeness (QED) is 0.900. The van der Waals surface area contributed by atoms with Gasteiger partial charge in [-0.05, 0) is 35.3 Å². The zero-order valence-corrected chi connectivity index (χ0v) is 12.8. The highest BCUT2D eigenvalue weighted by molar-refractivity contribution is 9.11. The topological polar surface area (TPSA) is 74.7 Å². The van der Waals surface area contributed by atoms with Gasteiger partial charge in [-0.25, -0.2) is 8.42 Å². The molecule has 0 amide bonds. The third-order valence-electron chi connectivity index (χ3n) is 2.96. The Bertz CT molecular complexity index is 581. The van der Waals surface area contributed by atoms with Crippen LogP contribution in [0.4, 0.5) is 0 Å². The predicted molar refractivity (Wildman–Crippen MR) is 71.3 cm³/mol. The minimum Gasteiger partial charge on any atom is -0.481 e. The first-order valence-electron chi connectivity index (χ1n) is 5.31. The number of carboxylic acids is 1. The SMILES string of the molecule is Cc1sc(Br)cc1S(=O)(=O)N1CCC(C(=O)O)C1. The van der Waals surface area contributed by atoms with Crippen LogP contribution in [0.2, 0.25) is 0 Å². The Morgan fingerprint density at radius 3 is 2.72 bits per heavy atom. The number of hydrogen-bond acceptors (Lipinski definition) is 4. The number of hydrogen-bond donors (Lipinski definition) is 1. The van der Waals surface area contributed by atoms with Gasteiger partial charge in [0, 0.05) is 18.0 Å². The van der Waals surface area contributed by atoms with Crippen molar-refractivity contribution in [2.24, 2.45) is 5.92 Å². The molecule has 1 aromatic rings. The second kappa shape index (κ2) is 4.92. The normalized spacial score (nSPS) is 21.3. The average Bonchev–Trinajstić information content (AvgIpc) is 2.85. The van der Waals surface area contributed by atoms with Crippen molar-refractivity contribution in [3.05, 3.63) is 14.7 Å². The minimum atomic E-state index is -3.56. The Morgan fingerprint density at radius 1 is 1.61 bits per heavy atom. The van der Waals surface area contributed by atoms with Gasteiger partial charge in [0.15, 0.2) is 0 Å². The maximum absolute atomic E-state index is 12.4. The minimum absolute atomic E-state index is 0.0601. The van der Waals surface area contributed by atoms with Crippen LogP contribution in [0, 0.1) is 12.8 Å². The largest absolute Gasteiger partial charge is 0.481 e. The van der Waals surface area contributed by atoms with Crippen molar-refractivity contribution in [3.8, 4) is 0 Å². The van der Waals surface area contributed by atoms with Crippen LogP contribution >= 0.6 is 27.3 Å². The molecule has 5 nitrogen and oxygen atoms in total. The number of sulfonamides is 1. The first kappa shape index (κ1) is 14.0. The van der Waals surface area contributed by atoms with E-state index in [1.807, 2.05) is 0 Å². The van der Waals surface area contributed by atoms with Crippen molar-refractivity contribution >= 4 is 43.3 Å². The summed E-state index contributed by atoms with van der Waals surface area (Å²) in [7, 11) is -3.56. The molecule has 18 heavy (non-hydrogen) atoms. The van der Waals surface area contributed by atoms with Gasteiger partial charge in [-0.3, -0.25) is 4.79 Å². The van der Waals surface area contributed by atoms with Gasteiger partial charge in [0.05, 0.1) is 14.6 Å². The molecule has 0 saturated carbocycles. The highest BCUT2D eigenvalue weighted by Gasteiger charge is 2.36. The predicted octanol–water partition coefficient (Wildman–Crippen LogP) is 1.91. The molecule has 0 spiro atoms. The maximum atomic E-state index is 12.4. The van der Waals surface area contributed by atoms with Crippen molar-refractivity contribution in [1.82, 2.24) is 4.31 Å². The molecule has 0 radical (unpaired) electrons. The molecule has 1 unspecified atom stereocenters. The number of halogens is 1. The molecule has 1 aliphatic rings. The van der Waals surface area contributed by atoms with E-state index in [1.165, 1.54) is 15.6 Å². The third kappa shape index (κ3) is 2.47. The van der Waals surface area contributed by atoms with E-state index < -0.39 is 21.9 Å². The van der Waals surface area contributed by atoms with E-state index >= 15 is 0 Å². The van der Waals surface area contributed by atoms with E-state index in [0.717, 1.165) is 3.79 Å². The molecule has 1 aliphatic heterocycles. The van der Waals surface area contributed by atoms with E-state index in [9.17, 15) is 13.2 Å². The standard InChI is InChI=1S/C10H12BrNO4S2/c1-6-8(4-9(11)17-6)18(15,16)12-3-2-7(5-12)10(13)14/h4,7H,2-3,5H2,1H3,(H,13,14). The molecule has 100 valence electrons. The first-order chi connectivity index (χ1) is 8.32. The maximum Gasteiger partial charge on any atom is 0.307 e. The smallest absolute Gasteiger partial charge is 0.307 e. The van der Waals surface area contributed by atoms with Gasteiger partial charge in [0.25, 0.3) is 0 Å². The Hall–Kier alpha value is -0.440. The second-order valence-corrected chi connectivity index (χ2v) is 8.70. The molecule has 1 saturated heterocycles. The van der Waals surface area contributed by atoms with E-state index in [1.54, 1.807) is 13.0 Å². The fourth-order valence-electron chi connectivity index (χ4n) is 1.97. The van der Waals surface area contributed by atoms with Gasteiger partial charge in [-0.15, -0.1) is 11.3 Å². The number of thiophene rings is 1. The lowest BCUT2D eigenvalue weighted by atomic mass is 10.1. The van der Waals surface area contributed by atoms with Crippen LogP contribution in [0.1, 0.15) is 11.3 Å². The van der Waals surface area contributed by atoms with E-state index in [0.29, 0.717) is 11.3 Å². The van der Waals surface area contributed by atoms with Crippen LogP contribution in [0.15, 0.2) is 14.7 Å². The van der Waals surface area contributed by atoms with Crippen LogP contribution in [0.25, 0.3) is 0 Å². The van der Waals surface area contributed by atoms with Crippen molar-refractivity contribution < 1.29 is 18.3 Å². The van der Waals surface area contributed by atoms with Crippen molar-refractivity contribution in [2.75, 3.05) is 13.1 Å². The summed E-state index contributed by atoms with van der Waals surface area (Å²) in [4.78, 5) is 11.8. The zero-order chi connectivity index (χ0) is 13.5. The molecule has 0 aliphatic carbocycles. The summed E-state index contributed by atoms with van der Waals surface area (Å²) in [6, 6.07) is 1.57. The number of carboxylic acid groups (broad SMARTS) is 1. The highest BCUT2D eigenvalue weighted by Crippen LogP contribution is 2.33. The fraction of sp³-hybridized carbons (Fsp3) is 0.500. The van der Waals surface area contributed by atoms with Gasteiger partial charge in [-0.2, -0.15) is 4.31 Å². The van der Waals surface area contributed by atoms with Gasteiger partial charge < -0.3 is 5.11 Å². The van der Waals surface area contributed by atoms with Crippen LogP contribution in [-0.2, 0) is 14.8 Å². The molecule has 1 aromatic heterocycles. The van der Waals surface area contributed by atoms with Crippen LogP contribution < -0.4 is 0 Å². The molecule has 0 aromatic carbocycles. The Balaban J connectivity index is 2.28. The van der Waals surface area contributed by atoms with Crippen molar-refractivity contribution in [3.63, 3.8) is 0 Å². The summed E-state index contributed by atoms with van der Waals surface area (Å²) in [6.45, 7) is 2.07. The van der Waals surface area contributed by atoms with E-state index in [-0.39, 0.29) is 18.0 Å². The Kier molecular flexibility index (Phi) is 3.82. The molecule has 8 heteroatoms. The third-order valence-corrected chi connectivity index (χ3v) is 6.63. The van der Waals surface area contributed by atoms with Crippen molar-refractivity contribution in [2.45, 2.75) is 18.2 Å². The van der Waals surface area contributed by atoms with E-state index in [4.69, 9.17) is 5.11 Å². The molecule has 1 fully saturated rings. The summed E-state index contributed by atoms with van der Waals surface area (Å²) >= 11 is 4.62. The average molecular weight is 354 g/mol. The molecule has 0 bridgehead atoms. The van der Waals surface area contributed by atoms with Gasteiger partial charge >= 0.3 is 5.97 Å². The number of nitrogens with zero attached hydrogens (tertiary/aromatic N) is 1. The highest BCUT2D eigenvalue weighted by atomic mass is 79.9. The van der Waals surface area contributed by atoms with Crippen LogP contribution in [-0.4, -0.2) is 36.9 Å². The van der Waals surface area contributed by atoms with Crippen molar-refractivity contribution in [1.29, 1.82) is 0 Å². The van der Waals surface area contributed by atoms with Gasteiger partial charge in [0.2, 0.25) is 10.0 Å². The molecule has 1 N–H and O–H groups in total. The lowest BCUT2D eigenvalue weighted by molar-refractivity contribution is -0.141. The lowest BCUT2D eigenvalue weighted by Crippen LogP contribution is -2.30. The molecule has 1 atom stereocenters. The molecular formula is C10H12BrNO4S2. The first-order valence-corrected chi connectivity index (χ1v) is 8.36. The molecule has 2 heterocycles. The Morgan fingerprint density at radius 2 is 2.28 bits per heavy atom. The summed E-state index contributed by atoms with van der Waals surface area (Å²) in [5.74, 6) is -1.53. The summed E-state index contributed by atoms with van der Waals surface area (Å²) in [5.41, 5.74) is 0.